The lowest BCUT2D eigenvalue weighted by Crippen LogP contribution is -2.30. The van der Waals surface area contributed by atoms with Gasteiger partial charge in [0.2, 0.25) is 11.8 Å². The van der Waals surface area contributed by atoms with Crippen molar-refractivity contribution in [3.8, 4) is 11.6 Å². The van der Waals surface area contributed by atoms with Crippen LogP contribution in [0.15, 0.2) is 28.8 Å². The number of hydrogen-bond donors (Lipinski definition) is 2. The van der Waals surface area contributed by atoms with Gasteiger partial charge in [-0.15, -0.1) is 0 Å². The summed E-state index contributed by atoms with van der Waals surface area (Å²) in [6, 6.07) is 5.23. The fraction of sp³-hybridized carbons (Fsp3) is 0.176. The molecule has 8 heteroatoms. The molecule has 7 nitrogen and oxygen atoms in total. The zero-order chi connectivity index (χ0) is 18.1. The van der Waals surface area contributed by atoms with Crippen LogP contribution in [0.5, 0.6) is 11.6 Å². The van der Waals surface area contributed by atoms with E-state index in [4.69, 9.17) is 10.1 Å². The molecule has 25 heavy (non-hydrogen) atoms. The number of ether oxygens (including phenoxy) is 1. The summed E-state index contributed by atoms with van der Waals surface area (Å²) in [5.41, 5.74) is 0.258. The minimum atomic E-state index is -0.473. The third-order valence-electron chi connectivity index (χ3n) is 3.53. The minimum Gasteiger partial charge on any atom is -0.494 e. The Morgan fingerprint density at radius 3 is 2.88 bits per heavy atom. The van der Waals surface area contributed by atoms with Crippen LogP contribution in [0.25, 0.3) is 12.2 Å². The second kappa shape index (κ2) is 6.48. The highest BCUT2D eigenvalue weighted by Crippen LogP contribution is 2.24. The highest BCUT2D eigenvalue weighted by molar-refractivity contribution is 7.10. The summed E-state index contributed by atoms with van der Waals surface area (Å²) in [4.78, 5) is 27.9. The first kappa shape index (κ1) is 16.8. The van der Waals surface area contributed by atoms with Crippen molar-refractivity contribution in [3.05, 3.63) is 44.0 Å². The number of nitrogens with zero attached hydrogens (tertiary/aromatic N) is 2. The van der Waals surface area contributed by atoms with Crippen LogP contribution in [0.3, 0.4) is 0 Å². The molecule has 2 heterocycles. The maximum atomic E-state index is 12.2. The fourth-order valence-corrected chi connectivity index (χ4v) is 3.33. The van der Waals surface area contributed by atoms with E-state index < -0.39 is 11.8 Å². The lowest BCUT2D eigenvalue weighted by atomic mass is 10.1. The molecule has 1 aromatic heterocycles. The Balaban J connectivity index is 2.12. The summed E-state index contributed by atoms with van der Waals surface area (Å²) in [6.45, 7) is 3.66. The molecule has 0 bridgehead atoms. The summed E-state index contributed by atoms with van der Waals surface area (Å²) in [5, 5.41) is 19.1. The number of thiazole rings is 1. The van der Waals surface area contributed by atoms with Crippen LogP contribution in [0.2, 0.25) is 0 Å². The highest BCUT2D eigenvalue weighted by Gasteiger charge is 2.17. The van der Waals surface area contributed by atoms with Crippen molar-refractivity contribution in [1.82, 2.24) is 4.57 Å². The summed E-state index contributed by atoms with van der Waals surface area (Å²) in [5.74, 6) is -0.614. The van der Waals surface area contributed by atoms with Gasteiger partial charge < -0.3 is 9.84 Å². The molecule has 0 spiro atoms. The molecular formula is C17H15N3O4S. The molecule has 1 amide bonds. The molecule has 128 valence electrons. The monoisotopic (exact) mass is 357 g/mol. The first-order valence-corrected chi connectivity index (χ1v) is 8.32. The number of aromatic nitrogens is 1. The quantitative estimate of drug-likeness (QED) is 0.793. The van der Waals surface area contributed by atoms with Gasteiger partial charge >= 0.3 is 0 Å². The van der Waals surface area contributed by atoms with E-state index >= 15 is 0 Å². The largest absolute Gasteiger partial charge is 0.494 e. The maximum absolute atomic E-state index is 12.2. The number of carbonyl (C=O) groups is 2. The lowest BCUT2D eigenvalue weighted by molar-refractivity contribution is -0.114. The van der Waals surface area contributed by atoms with Crippen LogP contribution in [-0.2, 0) is 4.79 Å². The van der Waals surface area contributed by atoms with E-state index in [1.54, 1.807) is 24.3 Å². The van der Waals surface area contributed by atoms with Crippen LogP contribution < -0.4 is 20.1 Å². The zero-order valence-corrected chi connectivity index (χ0v) is 14.4. The first-order chi connectivity index (χ1) is 11.9. The highest BCUT2D eigenvalue weighted by atomic mass is 32.1. The van der Waals surface area contributed by atoms with Crippen molar-refractivity contribution in [3.63, 3.8) is 0 Å². The molecule has 3 rings (SSSR count). The average molecular weight is 357 g/mol. The van der Waals surface area contributed by atoms with Gasteiger partial charge in [0.1, 0.15) is 5.75 Å². The van der Waals surface area contributed by atoms with Crippen LogP contribution in [0.1, 0.15) is 23.5 Å². The molecule has 0 saturated heterocycles. The molecule has 0 atom stereocenters. The average Bonchev–Trinajstić information content (AvgIpc) is 2.82. The van der Waals surface area contributed by atoms with E-state index in [1.807, 2.05) is 6.92 Å². The molecule has 2 N–H and O–H groups in total. The van der Waals surface area contributed by atoms with E-state index in [-0.39, 0.29) is 21.1 Å². The fourth-order valence-electron chi connectivity index (χ4n) is 2.44. The summed E-state index contributed by atoms with van der Waals surface area (Å²) in [6.07, 6.45) is 3.08. The van der Waals surface area contributed by atoms with E-state index in [0.717, 1.165) is 21.1 Å². The maximum Gasteiger partial charge on any atom is 0.277 e. The van der Waals surface area contributed by atoms with Crippen LogP contribution >= 0.6 is 11.3 Å². The molecule has 1 aliphatic heterocycles. The van der Waals surface area contributed by atoms with Crippen LogP contribution in [0.4, 0.5) is 0 Å². The normalized spacial score (nSPS) is 14.6. The molecule has 2 aromatic rings. The number of benzene rings is 1. The second-order valence-corrected chi connectivity index (χ2v) is 6.29. The summed E-state index contributed by atoms with van der Waals surface area (Å²) in [7, 11) is 0. The van der Waals surface area contributed by atoms with Crippen molar-refractivity contribution >= 4 is 35.3 Å². The van der Waals surface area contributed by atoms with Gasteiger partial charge in [0.05, 0.1) is 16.8 Å². The smallest absolute Gasteiger partial charge is 0.277 e. The SMILES string of the molecule is CCOc1ccc2c(c1)=CC(=Cc1sc(=N)n(C(C)=O)c1O)C(=O)N=2. The topological polar surface area (TPSA) is 105 Å². The molecule has 0 unspecified atom stereocenters. The van der Waals surface area contributed by atoms with Gasteiger partial charge in [-0.05, 0) is 37.3 Å². The van der Waals surface area contributed by atoms with Crippen molar-refractivity contribution in [2.75, 3.05) is 6.61 Å². The Kier molecular flexibility index (Phi) is 4.37. The van der Waals surface area contributed by atoms with Crippen molar-refractivity contribution in [1.29, 1.82) is 5.41 Å². The van der Waals surface area contributed by atoms with E-state index in [2.05, 4.69) is 4.99 Å². The van der Waals surface area contributed by atoms with Crippen LogP contribution in [-0.4, -0.2) is 28.1 Å². The second-order valence-electron chi connectivity index (χ2n) is 5.26. The molecule has 0 saturated carbocycles. The Labute approximate surface area is 146 Å². The van der Waals surface area contributed by atoms with Gasteiger partial charge in [0, 0.05) is 17.7 Å². The van der Waals surface area contributed by atoms with E-state index in [1.165, 1.54) is 13.0 Å². The third kappa shape index (κ3) is 3.16. The number of carbonyl (C=O) groups excluding carboxylic acids is 2. The zero-order valence-electron chi connectivity index (χ0n) is 13.6. The first-order valence-electron chi connectivity index (χ1n) is 7.50. The lowest BCUT2D eigenvalue weighted by Gasteiger charge is -2.06. The standard InChI is InChI=1S/C17H15N3O4S/c1-3-24-12-4-5-13-10(7-12)6-11(15(22)19-13)8-14-16(23)20(9(2)21)17(18)25-14/h4-8,18,23H,3H2,1-2H3. The van der Waals surface area contributed by atoms with Gasteiger partial charge in [-0.3, -0.25) is 15.0 Å². The van der Waals surface area contributed by atoms with Crippen LogP contribution in [0, 0.1) is 5.41 Å². The molecular weight excluding hydrogens is 342 g/mol. The predicted molar refractivity (Wildman–Crippen MR) is 92.0 cm³/mol. The van der Waals surface area contributed by atoms with Crippen molar-refractivity contribution < 1.29 is 19.4 Å². The van der Waals surface area contributed by atoms with E-state index in [0.29, 0.717) is 17.7 Å². The minimum absolute atomic E-state index is 0.115. The van der Waals surface area contributed by atoms with E-state index in [9.17, 15) is 14.7 Å². The molecule has 0 fully saturated rings. The van der Waals surface area contributed by atoms with Gasteiger partial charge in [-0.1, -0.05) is 11.3 Å². The number of rotatable bonds is 3. The number of fused-ring (bicyclic) bond motifs is 1. The predicted octanol–water partition coefficient (Wildman–Crippen LogP) is 0.817. The Bertz CT molecular complexity index is 1090. The Morgan fingerprint density at radius 2 is 2.24 bits per heavy atom. The van der Waals surface area contributed by atoms with Crippen molar-refractivity contribution in [2.24, 2.45) is 4.99 Å². The number of hydrogen-bond acceptors (Lipinski definition) is 6. The molecule has 0 aliphatic carbocycles. The number of aromatic hydroxyl groups is 1. The number of nitrogens with one attached hydrogen (secondary N) is 1. The summed E-state index contributed by atoms with van der Waals surface area (Å²) < 4.78 is 6.32. The molecule has 0 radical (unpaired) electrons. The molecule has 1 aliphatic rings. The van der Waals surface area contributed by atoms with Gasteiger partial charge in [-0.2, -0.15) is 0 Å². The van der Waals surface area contributed by atoms with Gasteiger partial charge in [0.25, 0.3) is 5.91 Å². The number of amides is 1. The Hall–Kier alpha value is -3.00. The summed E-state index contributed by atoms with van der Waals surface area (Å²) >= 11 is 0.901. The van der Waals surface area contributed by atoms with Crippen molar-refractivity contribution in [2.45, 2.75) is 13.8 Å². The van der Waals surface area contributed by atoms with Gasteiger partial charge in [-0.25, -0.2) is 9.56 Å². The molecule has 1 aromatic carbocycles. The van der Waals surface area contributed by atoms with Gasteiger partial charge in [0.15, 0.2) is 4.80 Å². The third-order valence-corrected chi connectivity index (χ3v) is 4.43. The Morgan fingerprint density at radius 1 is 1.48 bits per heavy atom.